The highest BCUT2D eigenvalue weighted by atomic mass is 16.8. The Kier molecular flexibility index (Phi) is 12.1. The van der Waals surface area contributed by atoms with Crippen LogP contribution in [0.4, 0.5) is 0 Å². The molecule has 20 nitrogen and oxygen atoms in total. The van der Waals surface area contributed by atoms with Crippen LogP contribution in [0.25, 0.3) is 0 Å². The summed E-state index contributed by atoms with van der Waals surface area (Å²) in [6.45, 7) is -1.85. The zero-order valence-electron chi connectivity index (χ0n) is 22.7. The van der Waals surface area contributed by atoms with E-state index in [2.05, 4.69) is 5.32 Å². The van der Waals surface area contributed by atoms with Gasteiger partial charge in [0.05, 0.1) is 32.0 Å². The van der Waals surface area contributed by atoms with Gasteiger partial charge in [-0.25, -0.2) is 4.79 Å². The monoisotopic (exact) mass is 633 g/mol. The van der Waals surface area contributed by atoms with Gasteiger partial charge in [0, 0.05) is 13.3 Å². The Labute approximate surface area is 243 Å². The fourth-order valence-electron chi connectivity index (χ4n) is 5.16. The highest BCUT2D eigenvalue weighted by molar-refractivity contribution is 5.76. The van der Waals surface area contributed by atoms with Crippen LogP contribution >= 0.6 is 0 Å². The number of carboxylic acid groups (broad SMARTS) is 1. The van der Waals surface area contributed by atoms with Crippen molar-refractivity contribution >= 4 is 11.9 Å². The summed E-state index contributed by atoms with van der Waals surface area (Å²) in [4.78, 5) is 24.3. The topological polar surface area (TPSA) is 335 Å². The quantitative estimate of drug-likeness (QED) is 0.100. The van der Waals surface area contributed by atoms with E-state index in [4.69, 9.17) is 23.7 Å². The summed E-state index contributed by atoms with van der Waals surface area (Å²) in [6.07, 6.45) is -27.8. The van der Waals surface area contributed by atoms with Gasteiger partial charge in [0.1, 0.15) is 67.1 Å². The van der Waals surface area contributed by atoms with Crippen molar-refractivity contribution in [3.8, 4) is 0 Å². The molecule has 16 atom stereocenters. The first-order valence-corrected chi connectivity index (χ1v) is 13.2. The van der Waals surface area contributed by atoms with Gasteiger partial charge in [0.15, 0.2) is 12.6 Å². The summed E-state index contributed by atoms with van der Waals surface area (Å²) < 4.78 is 26.8. The molecule has 0 aliphatic carbocycles. The number of carboxylic acids is 1. The molecule has 0 spiro atoms. The van der Waals surface area contributed by atoms with Gasteiger partial charge < -0.3 is 90.3 Å². The minimum absolute atomic E-state index is 0.749. The molecule has 0 aromatic carbocycles. The number of amides is 1. The number of nitrogens with one attached hydrogen (secondary N) is 1. The number of aliphatic hydroxyl groups is 11. The normalized spacial score (nSPS) is 45.3. The van der Waals surface area contributed by atoms with E-state index in [1.807, 2.05) is 0 Å². The van der Waals surface area contributed by atoms with Crippen LogP contribution in [0, 0.1) is 0 Å². The van der Waals surface area contributed by atoms with Crippen LogP contribution in [0.15, 0.2) is 0 Å². The highest BCUT2D eigenvalue weighted by Crippen LogP contribution is 2.38. The Balaban J connectivity index is 1.94. The lowest BCUT2D eigenvalue weighted by Gasteiger charge is -2.50. The molecule has 3 heterocycles. The number of aliphatic hydroxyl groups excluding tert-OH is 11. The third kappa shape index (κ3) is 7.41. The number of aliphatic carboxylic acids is 1. The number of rotatable bonds is 11. The van der Waals surface area contributed by atoms with Crippen molar-refractivity contribution in [3.63, 3.8) is 0 Å². The zero-order chi connectivity index (χ0) is 32.4. The molecule has 250 valence electrons. The zero-order valence-corrected chi connectivity index (χ0v) is 22.7. The fourth-order valence-corrected chi connectivity index (χ4v) is 5.16. The number of carbonyl (C=O) groups excluding carboxylic acids is 1. The summed E-state index contributed by atoms with van der Waals surface area (Å²) in [7, 11) is 0. The van der Waals surface area contributed by atoms with E-state index < -0.39 is 136 Å². The first-order valence-electron chi connectivity index (χ1n) is 13.2. The smallest absolute Gasteiger partial charge is 0.364 e. The third-order valence-electron chi connectivity index (χ3n) is 7.47. The second-order valence-corrected chi connectivity index (χ2v) is 10.5. The molecule has 3 fully saturated rings. The minimum Gasteiger partial charge on any atom is -0.477 e. The number of hydrogen-bond acceptors (Lipinski definition) is 18. The molecule has 1 amide bonds. The summed E-state index contributed by atoms with van der Waals surface area (Å²) in [5.74, 6) is -5.74. The van der Waals surface area contributed by atoms with Crippen LogP contribution in [0.2, 0.25) is 0 Å². The summed E-state index contributed by atoms with van der Waals surface area (Å²) in [6, 6.07) is -1.54. The fraction of sp³-hybridized carbons (Fsp3) is 0.913. The number of hydrogen-bond donors (Lipinski definition) is 13. The molecule has 0 radical (unpaired) electrons. The minimum atomic E-state index is -3.02. The van der Waals surface area contributed by atoms with Gasteiger partial charge in [-0.1, -0.05) is 0 Å². The Morgan fingerprint density at radius 2 is 1.53 bits per heavy atom. The van der Waals surface area contributed by atoms with Crippen molar-refractivity contribution in [1.29, 1.82) is 0 Å². The molecule has 20 heteroatoms. The summed E-state index contributed by atoms with van der Waals surface area (Å²) >= 11 is 0. The molecule has 0 aromatic heterocycles. The van der Waals surface area contributed by atoms with Crippen LogP contribution in [0.1, 0.15) is 13.3 Å². The molecule has 0 aromatic rings. The first kappa shape index (κ1) is 35.8. The molecule has 1 unspecified atom stereocenters. The molecule has 0 saturated carbocycles. The lowest BCUT2D eigenvalue weighted by molar-refractivity contribution is -0.385. The van der Waals surface area contributed by atoms with E-state index in [9.17, 15) is 70.9 Å². The molecule has 3 rings (SSSR count). The van der Waals surface area contributed by atoms with Gasteiger partial charge in [-0.2, -0.15) is 0 Å². The lowest BCUT2D eigenvalue weighted by atomic mass is 9.88. The van der Waals surface area contributed by atoms with Gasteiger partial charge in [-0.3, -0.25) is 4.79 Å². The van der Waals surface area contributed by atoms with Gasteiger partial charge in [-0.05, 0) is 0 Å². The average molecular weight is 634 g/mol. The van der Waals surface area contributed by atoms with Crippen LogP contribution < -0.4 is 5.32 Å². The van der Waals surface area contributed by atoms with Gasteiger partial charge >= 0.3 is 5.97 Å². The van der Waals surface area contributed by atoms with E-state index >= 15 is 0 Å². The summed E-state index contributed by atoms with van der Waals surface area (Å²) in [5.41, 5.74) is 0. The SMILES string of the molecule is CC(=O)N[C@H]1[C@H]([C@H](O)[C@H](O)CO)O[C@@](O[C@H]2[C@@H](O)[C@@H](CO)O[C@@H](O[C@H]3[C@H](O)[C@@H](O)C(O)O[C@@H]3CO)[C@@H]2O)(C(=O)O)C[C@@H]1O. The van der Waals surface area contributed by atoms with Crippen molar-refractivity contribution < 1.29 is 94.6 Å². The van der Waals surface area contributed by atoms with E-state index in [1.54, 1.807) is 0 Å². The van der Waals surface area contributed by atoms with Crippen molar-refractivity contribution in [3.05, 3.63) is 0 Å². The van der Waals surface area contributed by atoms with Gasteiger partial charge in [0.25, 0.3) is 5.79 Å². The van der Waals surface area contributed by atoms with E-state index in [-0.39, 0.29) is 0 Å². The second kappa shape index (κ2) is 14.6. The lowest BCUT2D eigenvalue weighted by Crippen LogP contribution is -2.70. The molecule has 3 aliphatic heterocycles. The van der Waals surface area contributed by atoms with E-state index in [0.717, 1.165) is 6.92 Å². The van der Waals surface area contributed by atoms with Crippen molar-refractivity contribution in [2.75, 3.05) is 19.8 Å². The Morgan fingerprint density at radius 3 is 2.07 bits per heavy atom. The average Bonchev–Trinajstić information content (AvgIpc) is 2.96. The van der Waals surface area contributed by atoms with Gasteiger partial charge in [0.2, 0.25) is 5.91 Å². The largest absolute Gasteiger partial charge is 0.477 e. The molecular formula is C23H39NO19. The van der Waals surface area contributed by atoms with Crippen LogP contribution in [-0.4, -0.2) is 191 Å². The van der Waals surface area contributed by atoms with Crippen LogP contribution in [0.5, 0.6) is 0 Å². The molecule has 0 bridgehead atoms. The molecule has 3 aliphatic rings. The molecular weight excluding hydrogens is 594 g/mol. The predicted molar refractivity (Wildman–Crippen MR) is 130 cm³/mol. The van der Waals surface area contributed by atoms with Gasteiger partial charge in [-0.15, -0.1) is 0 Å². The second-order valence-electron chi connectivity index (χ2n) is 10.5. The maximum absolute atomic E-state index is 12.5. The number of ether oxygens (including phenoxy) is 5. The molecule has 3 saturated heterocycles. The van der Waals surface area contributed by atoms with Crippen LogP contribution in [-0.2, 0) is 33.3 Å². The van der Waals surface area contributed by atoms with E-state index in [1.165, 1.54) is 0 Å². The van der Waals surface area contributed by atoms with Crippen LogP contribution in [0.3, 0.4) is 0 Å². The Morgan fingerprint density at radius 1 is 0.907 bits per heavy atom. The van der Waals surface area contributed by atoms with Crippen molar-refractivity contribution in [1.82, 2.24) is 5.32 Å². The van der Waals surface area contributed by atoms with Crippen molar-refractivity contribution in [2.45, 2.75) is 111 Å². The first-order chi connectivity index (χ1) is 20.1. The maximum atomic E-state index is 12.5. The Bertz CT molecular complexity index is 942. The highest BCUT2D eigenvalue weighted by Gasteiger charge is 2.60. The predicted octanol–water partition coefficient (Wildman–Crippen LogP) is -8.22. The Hall–Kier alpha value is -1.70. The molecule has 13 N–H and O–H groups in total. The standard InChI is InChI=1S/C23H39NO19/c1-6(28)24-11-7(29)2-23(22(37)38,42-18(11)12(31)8(30)3-25)43-19-13(32)9(4-26)40-21(16(19)35)41-17-10(5-27)39-20(36)15(34)14(17)33/h7-21,25-27,29-36H,2-5H2,1H3,(H,24,28)(H,37,38)/t7-,8+,9+,10+,11+,12+,13-,14+,15+,16+,17+,18+,19-,20?,21-,23-/m0/s1. The summed E-state index contributed by atoms with van der Waals surface area (Å²) in [5, 5.41) is 124. The number of carbonyl (C=O) groups is 2. The maximum Gasteiger partial charge on any atom is 0.364 e. The third-order valence-corrected chi connectivity index (χ3v) is 7.47. The molecule has 43 heavy (non-hydrogen) atoms. The van der Waals surface area contributed by atoms with Crippen molar-refractivity contribution in [2.24, 2.45) is 0 Å². The van der Waals surface area contributed by atoms with E-state index in [0.29, 0.717) is 0 Å².